The Bertz CT molecular complexity index is 1100. The van der Waals surface area contributed by atoms with Gasteiger partial charge in [0.15, 0.2) is 0 Å². The molecule has 0 bridgehead atoms. The highest BCUT2D eigenvalue weighted by Gasteiger charge is 2.29. The number of anilines is 1. The second-order valence-corrected chi connectivity index (χ2v) is 7.31. The van der Waals surface area contributed by atoms with Crippen LogP contribution in [-0.4, -0.2) is 40.8 Å². The van der Waals surface area contributed by atoms with E-state index in [1.807, 2.05) is 12.1 Å². The molecule has 1 saturated heterocycles. The lowest BCUT2D eigenvalue weighted by molar-refractivity contribution is 0.0374. The van der Waals surface area contributed by atoms with Crippen molar-refractivity contribution in [3.8, 4) is 17.0 Å². The van der Waals surface area contributed by atoms with Gasteiger partial charge in [0.05, 0.1) is 25.5 Å². The maximum Gasteiger partial charge on any atom is 0.255 e. The molecule has 29 heavy (non-hydrogen) atoms. The molecule has 7 nitrogen and oxygen atoms in total. The van der Waals surface area contributed by atoms with Gasteiger partial charge < -0.3 is 14.4 Å². The highest BCUT2D eigenvalue weighted by atomic mass is 16.5. The number of nitrogens with zero attached hydrogens (tertiary/aromatic N) is 4. The second kappa shape index (κ2) is 7.33. The van der Waals surface area contributed by atoms with Gasteiger partial charge in [0.25, 0.3) is 5.56 Å². The average molecular weight is 390 g/mol. The smallest absolute Gasteiger partial charge is 0.255 e. The van der Waals surface area contributed by atoms with Crippen LogP contribution in [-0.2, 0) is 18.2 Å². The fourth-order valence-electron chi connectivity index (χ4n) is 3.99. The molecule has 0 radical (unpaired) electrons. The first-order valence-corrected chi connectivity index (χ1v) is 9.80. The maximum atomic E-state index is 12.6. The third-order valence-electron chi connectivity index (χ3n) is 5.53. The number of rotatable bonds is 3. The van der Waals surface area contributed by atoms with E-state index in [9.17, 15) is 4.79 Å². The first-order chi connectivity index (χ1) is 14.2. The quantitative estimate of drug-likeness (QED) is 0.684. The van der Waals surface area contributed by atoms with Crippen molar-refractivity contribution in [2.75, 3.05) is 31.2 Å². The summed E-state index contributed by atoms with van der Waals surface area (Å²) in [6.45, 7) is 2.56. The minimum atomic E-state index is -0.127. The molecular weight excluding hydrogens is 368 g/mol. The lowest BCUT2D eigenvalue weighted by Crippen LogP contribution is -2.41. The molecule has 2 aliphatic heterocycles. The number of hydrogen-bond donors (Lipinski definition) is 0. The van der Waals surface area contributed by atoms with Crippen molar-refractivity contribution in [1.29, 1.82) is 0 Å². The van der Waals surface area contributed by atoms with Gasteiger partial charge in [0.2, 0.25) is 5.95 Å². The summed E-state index contributed by atoms with van der Waals surface area (Å²) in [6, 6.07) is 11.5. The molecule has 5 rings (SSSR count). The zero-order valence-corrected chi connectivity index (χ0v) is 16.2. The van der Waals surface area contributed by atoms with Crippen LogP contribution in [0.3, 0.4) is 0 Å². The SMILES string of the molecule is Cn1c(N2CCOC(c3cccc4c3OCC4)C2)nc(-c2ccncc2)cc1=O. The minimum Gasteiger partial charge on any atom is -0.493 e. The molecule has 1 fully saturated rings. The molecule has 148 valence electrons. The summed E-state index contributed by atoms with van der Waals surface area (Å²) in [4.78, 5) is 23.6. The van der Waals surface area contributed by atoms with Gasteiger partial charge >= 0.3 is 0 Å². The van der Waals surface area contributed by atoms with Gasteiger partial charge in [-0.25, -0.2) is 4.98 Å². The van der Waals surface area contributed by atoms with Crippen LogP contribution >= 0.6 is 0 Å². The summed E-state index contributed by atoms with van der Waals surface area (Å²) in [6.07, 6.45) is 4.21. The van der Waals surface area contributed by atoms with Crippen molar-refractivity contribution < 1.29 is 9.47 Å². The number of fused-ring (bicyclic) bond motifs is 1. The summed E-state index contributed by atoms with van der Waals surface area (Å²) in [7, 11) is 1.76. The van der Waals surface area contributed by atoms with Crippen molar-refractivity contribution in [1.82, 2.24) is 14.5 Å². The van der Waals surface area contributed by atoms with Gasteiger partial charge in [0.1, 0.15) is 11.9 Å². The third-order valence-corrected chi connectivity index (χ3v) is 5.53. The van der Waals surface area contributed by atoms with Gasteiger partial charge in [-0.1, -0.05) is 18.2 Å². The maximum absolute atomic E-state index is 12.6. The first kappa shape index (κ1) is 17.9. The Kier molecular flexibility index (Phi) is 4.52. The number of benzene rings is 1. The number of hydrogen-bond acceptors (Lipinski definition) is 6. The van der Waals surface area contributed by atoms with E-state index in [0.29, 0.717) is 37.9 Å². The summed E-state index contributed by atoms with van der Waals surface area (Å²) >= 11 is 0. The Morgan fingerprint density at radius 3 is 2.86 bits per heavy atom. The predicted molar refractivity (Wildman–Crippen MR) is 109 cm³/mol. The molecule has 2 aromatic heterocycles. The van der Waals surface area contributed by atoms with E-state index < -0.39 is 0 Å². The van der Waals surface area contributed by atoms with Crippen LogP contribution in [0.25, 0.3) is 11.3 Å². The standard InChI is InChI=1S/C22H22N4O3/c1-25-20(27)13-18(15-5-8-23-9-6-15)24-22(25)26-10-12-28-19(14-26)17-4-2-3-16-7-11-29-21(16)17/h2-6,8-9,13,19H,7,10-12,14H2,1H3. The molecule has 0 saturated carbocycles. The van der Waals surface area contributed by atoms with E-state index in [1.54, 1.807) is 30.1 Å². The van der Waals surface area contributed by atoms with Crippen LogP contribution in [0.4, 0.5) is 5.95 Å². The largest absolute Gasteiger partial charge is 0.493 e. The molecule has 1 atom stereocenters. The topological polar surface area (TPSA) is 69.5 Å². The summed E-state index contributed by atoms with van der Waals surface area (Å²) in [5.41, 5.74) is 3.73. The first-order valence-electron chi connectivity index (χ1n) is 9.80. The molecule has 1 aromatic carbocycles. The molecule has 1 unspecified atom stereocenters. The fraction of sp³-hybridized carbons (Fsp3) is 0.318. The third kappa shape index (κ3) is 3.27. The molecule has 0 N–H and O–H groups in total. The van der Waals surface area contributed by atoms with E-state index in [1.165, 1.54) is 5.56 Å². The van der Waals surface area contributed by atoms with Gasteiger partial charge in [-0.3, -0.25) is 14.3 Å². The van der Waals surface area contributed by atoms with Crippen LogP contribution in [0, 0.1) is 0 Å². The number of pyridine rings is 1. The molecular formula is C22H22N4O3. The number of para-hydroxylation sites is 1. The van der Waals surface area contributed by atoms with E-state index in [0.717, 1.165) is 23.3 Å². The van der Waals surface area contributed by atoms with E-state index in [4.69, 9.17) is 14.5 Å². The number of morpholine rings is 1. The van der Waals surface area contributed by atoms with Crippen LogP contribution in [0.5, 0.6) is 5.75 Å². The second-order valence-electron chi connectivity index (χ2n) is 7.31. The van der Waals surface area contributed by atoms with Crippen molar-refractivity contribution in [3.63, 3.8) is 0 Å². The molecule has 0 spiro atoms. The monoisotopic (exact) mass is 390 g/mol. The van der Waals surface area contributed by atoms with E-state index in [-0.39, 0.29) is 11.7 Å². The summed E-state index contributed by atoms with van der Waals surface area (Å²) in [5, 5.41) is 0. The molecule has 3 aromatic rings. The lowest BCUT2D eigenvalue weighted by Gasteiger charge is -2.35. The van der Waals surface area contributed by atoms with Gasteiger partial charge in [-0.2, -0.15) is 0 Å². The highest BCUT2D eigenvalue weighted by molar-refractivity contribution is 5.59. The van der Waals surface area contributed by atoms with Crippen molar-refractivity contribution in [2.45, 2.75) is 12.5 Å². The van der Waals surface area contributed by atoms with E-state index >= 15 is 0 Å². The Balaban J connectivity index is 1.49. The van der Waals surface area contributed by atoms with Crippen molar-refractivity contribution in [2.24, 2.45) is 7.05 Å². The normalized spacial score (nSPS) is 18.4. The van der Waals surface area contributed by atoms with Crippen LogP contribution in [0.15, 0.2) is 53.6 Å². The Labute approximate surface area is 168 Å². The predicted octanol–water partition coefficient (Wildman–Crippen LogP) is 2.36. The number of ether oxygens (including phenoxy) is 2. The van der Waals surface area contributed by atoms with Crippen molar-refractivity contribution >= 4 is 5.95 Å². The van der Waals surface area contributed by atoms with Crippen molar-refractivity contribution in [3.05, 3.63) is 70.3 Å². The van der Waals surface area contributed by atoms with Crippen LogP contribution < -0.4 is 15.2 Å². The van der Waals surface area contributed by atoms with Crippen LogP contribution in [0.2, 0.25) is 0 Å². The Morgan fingerprint density at radius 2 is 2.00 bits per heavy atom. The number of aromatic nitrogens is 3. The summed E-state index contributed by atoms with van der Waals surface area (Å²) < 4.78 is 13.5. The highest BCUT2D eigenvalue weighted by Crippen LogP contribution is 2.36. The average Bonchev–Trinajstić information content (AvgIpc) is 3.25. The fourth-order valence-corrected chi connectivity index (χ4v) is 3.99. The minimum absolute atomic E-state index is 0.0891. The van der Waals surface area contributed by atoms with Gasteiger partial charge in [-0.05, 0) is 17.7 Å². The lowest BCUT2D eigenvalue weighted by atomic mass is 10.0. The molecule has 7 heteroatoms. The molecule has 2 aliphatic rings. The Hall–Kier alpha value is -3.19. The zero-order valence-electron chi connectivity index (χ0n) is 16.2. The molecule has 4 heterocycles. The molecule has 0 amide bonds. The summed E-state index contributed by atoms with van der Waals surface area (Å²) in [5.74, 6) is 1.60. The van der Waals surface area contributed by atoms with Crippen LogP contribution in [0.1, 0.15) is 17.2 Å². The van der Waals surface area contributed by atoms with Gasteiger partial charge in [-0.15, -0.1) is 0 Å². The zero-order chi connectivity index (χ0) is 19.8. The molecule has 0 aliphatic carbocycles. The van der Waals surface area contributed by atoms with Gasteiger partial charge in [0, 0.05) is 49.6 Å². The Morgan fingerprint density at radius 1 is 1.14 bits per heavy atom. The van der Waals surface area contributed by atoms with E-state index in [2.05, 4.69) is 28.1 Å².